The molecule has 1 N–H and O–H groups in total. The van der Waals surface area contributed by atoms with Crippen molar-refractivity contribution in [1.29, 1.82) is 0 Å². The van der Waals surface area contributed by atoms with Crippen molar-refractivity contribution < 1.29 is 13.7 Å². The summed E-state index contributed by atoms with van der Waals surface area (Å²) in [5, 5.41) is 3.15. The van der Waals surface area contributed by atoms with Gasteiger partial charge < -0.3 is 9.80 Å². The molecule has 0 aromatic heterocycles. The summed E-state index contributed by atoms with van der Waals surface area (Å²) in [5.41, 5.74) is 2.36. The second-order valence-electron chi connectivity index (χ2n) is 7.60. The predicted octanol–water partition coefficient (Wildman–Crippen LogP) is 4.96. The van der Waals surface area contributed by atoms with Gasteiger partial charge in [0.2, 0.25) is 0 Å². The number of hydrogen-bond donors (Lipinski definition) is 1. The maximum atomic E-state index is 13.6. The van der Waals surface area contributed by atoms with Crippen LogP contribution in [0.2, 0.25) is 0 Å². The van der Waals surface area contributed by atoms with E-state index < -0.39 is 0 Å². The molecule has 1 aliphatic rings. The zero-order valence-electron chi connectivity index (χ0n) is 16.3. The number of amides is 1. The fraction of sp³-hybridized carbons (Fsp3) is 0.667. The van der Waals surface area contributed by atoms with Gasteiger partial charge in [0.05, 0.1) is 19.6 Å². The van der Waals surface area contributed by atoms with E-state index in [9.17, 15) is 9.18 Å². The molecule has 1 heterocycles. The molecule has 2 rings (SSSR count). The number of likely N-dealkylation sites (tertiary alicyclic amines) is 1. The third-order valence-corrected chi connectivity index (χ3v) is 5.86. The van der Waals surface area contributed by atoms with Crippen LogP contribution >= 0.6 is 0 Å². The number of nitrogens with zero attached hydrogens (tertiary/aromatic N) is 1. The van der Waals surface area contributed by atoms with Crippen LogP contribution in [-0.4, -0.2) is 36.1 Å². The summed E-state index contributed by atoms with van der Waals surface area (Å²) >= 11 is 0. The van der Waals surface area contributed by atoms with Crippen LogP contribution in [0.4, 0.5) is 10.1 Å². The molecule has 1 aliphatic heterocycles. The van der Waals surface area contributed by atoms with E-state index in [0.717, 1.165) is 53.8 Å². The predicted molar refractivity (Wildman–Crippen MR) is 102 cm³/mol. The second-order valence-corrected chi connectivity index (χ2v) is 7.60. The van der Waals surface area contributed by atoms with Gasteiger partial charge in [-0.1, -0.05) is 6.92 Å². The molecular formula is C21H34FN2O+. The molecule has 25 heavy (non-hydrogen) atoms. The normalized spacial score (nSPS) is 18.4. The minimum Gasteiger partial charge on any atom is -0.320 e. The molecule has 1 fully saturated rings. The summed E-state index contributed by atoms with van der Waals surface area (Å²) in [7, 11) is 0. The lowest BCUT2D eigenvalue weighted by Crippen LogP contribution is -2.60. The van der Waals surface area contributed by atoms with Crippen LogP contribution in [0, 0.1) is 19.7 Å². The Morgan fingerprint density at radius 2 is 1.68 bits per heavy atom. The maximum Gasteiger partial charge on any atom is 0.282 e. The standard InChI is InChI=1S/C21H33FN2O/c1-5-11-19(24(6-2)12-9-7-8-10-13-24)21(25)23-20-16(3)14-18(22)15-17(20)4/h14-15,19H,5-13H2,1-4H3/p+1. The number of anilines is 1. The number of halogens is 1. The average molecular weight is 350 g/mol. The first-order valence-electron chi connectivity index (χ1n) is 9.87. The van der Waals surface area contributed by atoms with E-state index in [1.807, 2.05) is 13.8 Å². The van der Waals surface area contributed by atoms with Crippen LogP contribution in [0.25, 0.3) is 0 Å². The molecule has 0 radical (unpaired) electrons. The number of likely N-dealkylation sites (N-methyl/N-ethyl adjacent to an activating group) is 1. The van der Waals surface area contributed by atoms with Crippen molar-refractivity contribution in [3.63, 3.8) is 0 Å². The molecule has 0 aliphatic carbocycles. The Morgan fingerprint density at radius 1 is 1.12 bits per heavy atom. The summed E-state index contributed by atoms with van der Waals surface area (Å²) in [5.74, 6) is -0.147. The van der Waals surface area contributed by atoms with E-state index in [1.165, 1.54) is 37.8 Å². The van der Waals surface area contributed by atoms with E-state index in [0.29, 0.717) is 0 Å². The van der Waals surface area contributed by atoms with Crippen LogP contribution in [0.15, 0.2) is 12.1 Å². The van der Waals surface area contributed by atoms with Crippen LogP contribution in [0.3, 0.4) is 0 Å². The molecule has 1 amide bonds. The van der Waals surface area contributed by atoms with Gasteiger partial charge in [-0.05, 0) is 76.1 Å². The lowest BCUT2D eigenvalue weighted by atomic mass is 10.0. The number of quaternary nitrogens is 1. The van der Waals surface area contributed by atoms with Crippen molar-refractivity contribution in [3.8, 4) is 0 Å². The number of aryl methyl sites for hydroxylation is 2. The van der Waals surface area contributed by atoms with E-state index >= 15 is 0 Å². The Morgan fingerprint density at radius 3 is 2.16 bits per heavy atom. The summed E-state index contributed by atoms with van der Waals surface area (Å²) in [6.45, 7) is 11.3. The van der Waals surface area contributed by atoms with Crippen molar-refractivity contribution in [3.05, 3.63) is 29.1 Å². The minimum absolute atomic E-state index is 0.0167. The Bertz CT molecular complexity index is 569. The number of nitrogens with one attached hydrogen (secondary N) is 1. The molecule has 1 unspecified atom stereocenters. The zero-order chi connectivity index (χ0) is 18.4. The number of carbonyl (C=O) groups excluding carboxylic acids is 1. The van der Waals surface area contributed by atoms with Gasteiger partial charge in [0.15, 0.2) is 6.04 Å². The highest BCUT2D eigenvalue weighted by Crippen LogP contribution is 2.28. The monoisotopic (exact) mass is 349 g/mol. The smallest absolute Gasteiger partial charge is 0.282 e. The van der Waals surface area contributed by atoms with E-state index in [2.05, 4.69) is 19.2 Å². The van der Waals surface area contributed by atoms with Gasteiger partial charge in [0.25, 0.3) is 5.91 Å². The molecular weight excluding hydrogens is 315 g/mol. The first kappa shape index (κ1) is 19.9. The largest absolute Gasteiger partial charge is 0.320 e. The summed E-state index contributed by atoms with van der Waals surface area (Å²) in [6.07, 6.45) is 6.86. The van der Waals surface area contributed by atoms with Crippen molar-refractivity contribution in [2.75, 3.05) is 25.0 Å². The van der Waals surface area contributed by atoms with Crippen molar-refractivity contribution in [2.45, 2.75) is 72.3 Å². The third-order valence-electron chi connectivity index (χ3n) is 5.86. The molecule has 1 aromatic carbocycles. The molecule has 0 spiro atoms. The Labute approximate surface area is 152 Å². The molecule has 0 saturated carbocycles. The summed E-state index contributed by atoms with van der Waals surface area (Å²) in [4.78, 5) is 13.2. The SMILES string of the molecule is CCCC(C(=O)Nc1c(C)cc(F)cc1C)[N+]1(CC)CCCCCC1. The lowest BCUT2D eigenvalue weighted by molar-refractivity contribution is -0.940. The maximum absolute atomic E-state index is 13.6. The van der Waals surface area contributed by atoms with Crippen LogP contribution in [-0.2, 0) is 4.79 Å². The van der Waals surface area contributed by atoms with Gasteiger partial charge >= 0.3 is 0 Å². The fourth-order valence-corrected chi connectivity index (χ4v) is 4.41. The summed E-state index contributed by atoms with van der Waals surface area (Å²) < 4.78 is 14.5. The number of benzene rings is 1. The highest BCUT2D eigenvalue weighted by atomic mass is 19.1. The van der Waals surface area contributed by atoms with Gasteiger partial charge in [0, 0.05) is 12.1 Å². The van der Waals surface area contributed by atoms with Gasteiger partial charge in [-0.25, -0.2) is 4.39 Å². The molecule has 1 atom stereocenters. The van der Waals surface area contributed by atoms with Gasteiger partial charge in [0.1, 0.15) is 5.82 Å². The minimum atomic E-state index is -0.248. The first-order chi connectivity index (χ1) is 11.9. The average Bonchev–Trinajstić information content (AvgIpc) is 2.82. The Balaban J connectivity index is 2.28. The highest BCUT2D eigenvalue weighted by Gasteiger charge is 2.40. The molecule has 140 valence electrons. The number of rotatable bonds is 6. The van der Waals surface area contributed by atoms with Crippen LogP contribution in [0.5, 0.6) is 0 Å². The Hall–Kier alpha value is -1.42. The van der Waals surface area contributed by atoms with E-state index in [1.54, 1.807) is 0 Å². The highest BCUT2D eigenvalue weighted by molar-refractivity contribution is 5.95. The number of hydrogen-bond acceptors (Lipinski definition) is 1. The Kier molecular flexibility index (Phi) is 7.00. The molecule has 0 bridgehead atoms. The fourth-order valence-electron chi connectivity index (χ4n) is 4.41. The zero-order valence-corrected chi connectivity index (χ0v) is 16.3. The first-order valence-corrected chi connectivity index (χ1v) is 9.87. The van der Waals surface area contributed by atoms with Crippen molar-refractivity contribution in [2.24, 2.45) is 0 Å². The molecule has 1 saturated heterocycles. The lowest BCUT2D eigenvalue weighted by Gasteiger charge is -2.43. The summed E-state index contributed by atoms with van der Waals surface area (Å²) in [6, 6.07) is 2.97. The van der Waals surface area contributed by atoms with Crippen LogP contribution < -0.4 is 5.32 Å². The van der Waals surface area contributed by atoms with Crippen LogP contribution in [0.1, 0.15) is 63.5 Å². The third kappa shape index (κ3) is 4.60. The van der Waals surface area contributed by atoms with E-state index in [4.69, 9.17) is 0 Å². The topological polar surface area (TPSA) is 29.1 Å². The molecule has 4 heteroatoms. The van der Waals surface area contributed by atoms with Crippen molar-refractivity contribution >= 4 is 11.6 Å². The van der Waals surface area contributed by atoms with E-state index in [-0.39, 0.29) is 17.8 Å². The molecule has 3 nitrogen and oxygen atoms in total. The second kappa shape index (κ2) is 8.79. The number of carbonyl (C=O) groups is 1. The van der Waals surface area contributed by atoms with Gasteiger partial charge in [-0.15, -0.1) is 0 Å². The van der Waals surface area contributed by atoms with Gasteiger partial charge in [-0.2, -0.15) is 0 Å². The van der Waals surface area contributed by atoms with Gasteiger partial charge in [-0.3, -0.25) is 4.79 Å². The van der Waals surface area contributed by atoms with Crippen molar-refractivity contribution in [1.82, 2.24) is 0 Å². The molecule has 1 aromatic rings. The quantitative estimate of drug-likeness (QED) is 0.723.